The summed E-state index contributed by atoms with van der Waals surface area (Å²) in [5.74, 6) is -0.0893. The van der Waals surface area contributed by atoms with E-state index in [4.69, 9.17) is 5.11 Å². The summed E-state index contributed by atoms with van der Waals surface area (Å²) < 4.78 is 0. The highest BCUT2D eigenvalue weighted by Crippen LogP contribution is 2.14. The van der Waals surface area contributed by atoms with Crippen molar-refractivity contribution < 1.29 is 9.90 Å². The van der Waals surface area contributed by atoms with Crippen molar-refractivity contribution in [2.24, 2.45) is 0 Å². The molecule has 0 saturated carbocycles. The summed E-state index contributed by atoms with van der Waals surface area (Å²) in [7, 11) is 0. The van der Waals surface area contributed by atoms with E-state index in [0.29, 0.717) is 12.0 Å². The normalized spacial score (nSPS) is 12.2. The molecule has 1 aromatic rings. The summed E-state index contributed by atoms with van der Waals surface area (Å²) in [6.45, 7) is 1.97. The van der Waals surface area contributed by atoms with Crippen LogP contribution in [-0.2, 0) is 0 Å². The van der Waals surface area contributed by atoms with Gasteiger partial charge in [-0.3, -0.25) is 4.79 Å². The molecule has 1 unspecified atom stereocenters. The van der Waals surface area contributed by atoms with Crippen LogP contribution in [-0.4, -0.2) is 29.9 Å². The van der Waals surface area contributed by atoms with Crippen molar-refractivity contribution in [2.45, 2.75) is 24.3 Å². The smallest absolute Gasteiger partial charge is 0.251 e. The summed E-state index contributed by atoms with van der Waals surface area (Å²) in [5.41, 5.74) is 0.655. The summed E-state index contributed by atoms with van der Waals surface area (Å²) in [5, 5.41) is 11.6. The molecule has 0 bridgehead atoms. The molecule has 1 aromatic carbocycles. The number of rotatable bonds is 5. The molecular weight excluding hydrogens is 222 g/mol. The predicted octanol–water partition coefficient (Wildman–Crippen LogP) is 1.91. The summed E-state index contributed by atoms with van der Waals surface area (Å²) in [6.07, 6.45) is 2.58. The number of nitrogens with one attached hydrogen (secondary N) is 1. The van der Waals surface area contributed by atoms with E-state index in [9.17, 15) is 4.79 Å². The van der Waals surface area contributed by atoms with E-state index < -0.39 is 0 Å². The first-order chi connectivity index (χ1) is 7.67. The molecule has 88 valence electrons. The number of aliphatic hydroxyl groups is 1. The first-order valence-electron chi connectivity index (χ1n) is 5.23. The van der Waals surface area contributed by atoms with Gasteiger partial charge in [-0.25, -0.2) is 0 Å². The number of amides is 1. The Morgan fingerprint density at radius 3 is 2.56 bits per heavy atom. The van der Waals surface area contributed by atoms with E-state index >= 15 is 0 Å². The van der Waals surface area contributed by atoms with Gasteiger partial charge in [0.25, 0.3) is 5.91 Å². The van der Waals surface area contributed by atoms with Crippen molar-refractivity contribution in [3.05, 3.63) is 29.8 Å². The number of thioether (sulfide) groups is 1. The second kappa shape index (κ2) is 6.55. The van der Waals surface area contributed by atoms with Crippen LogP contribution in [0.5, 0.6) is 0 Å². The fraction of sp³-hybridized carbons (Fsp3) is 0.417. The molecule has 0 spiro atoms. The molecule has 3 nitrogen and oxygen atoms in total. The monoisotopic (exact) mass is 239 g/mol. The zero-order valence-corrected chi connectivity index (χ0v) is 10.4. The maximum atomic E-state index is 11.7. The zero-order valence-electron chi connectivity index (χ0n) is 9.56. The van der Waals surface area contributed by atoms with Crippen LogP contribution in [0.4, 0.5) is 0 Å². The highest BCUT2D eigenvalue weighted by atomic mass is 32.2. The molecule has 0 fully saturated rings. The minimum atomic E-state index is -0.0893. The van der Waals surface area contributed by atoms with Gasteiger partial charge >= 0.3 is 0 Å². The standard InChI is InChI=1S/C12H17NO2S/c1-9(7-8-14)13-12(15)10-3-5-11(16-2)6-4-10/h3-6,9,14H,7-8H2,1-2H3,(H,13,15). The van der Waals surface area contributed by atoms with E-state index in [-0.39, 0.29) is 18.6 Å². The molecule has 0 radical (unpaired) electrons. The maximum Gasteiger partial charge on any atom is 0.251 e. The van der Waals surface area contributed by atoms with Gasteiger partial charge in [0.15, 0.2) is 0 Å². The fourth-order valence-corrected chi connectivity index (χ4v) is 1.72. The van der Waals surface area contributed by atoms with Gasteiger partial charge in [0.05, 0.1) is 0 Å². The number of carbonyl (C=O) groups is 1. The summed E-state index contributed by atoms with van der Waals surface area (Å²) in [6, 6.07) is 7.48. The Morgan fingerprint density at radius 1 is 1.44 bits per heavy atom. The van der Waals surface area contributed by atoms with E-state index in [1.54, 1.807) is 11.8 Å². The number of carbonyl (C=O) groups excluding carboxylic acids is 1. The van der Waals surface area contributed by atoms with Gasteiger partial charge in [-0.15, -0.1) is 11.8 Å². The van der Waals surface area contributed by atoms with Crippen molar-refractivity contribution >= 4 is 17.7 Å². The SMILES string of the molecule is CSc1ccc(C(=O)NC(C)CCO)cc1. The average Bonchev–Trinajstić information content (AvgIpc) is 2.29. The van der Waals surface area contributed by atoms with Crippen LogP contribution < -0.4 is 5.32 Å². The maximum absolute atomic E-state index is 11.7. The molecule has 0 aliphatic rings. The Morgan fingerprint density at radius 2 is 2.06 bits per heavy atom. The van der Waals surface area contributed by atoms with Crippen molar-refractivity contribution in [1.82, 2.24) is 5.32 Å². The van der Waals surface area contributed by atoms with E-state index in [2.05, 4.69) is 5.32 Å². The molecule has 1 amide bonds. The first-order valence-corrected chi connectivity index (χ1v) is 6.45. The van der Waals surface area contributed by atoms with Gasteiger partial charge in [0.2, 0.25) is 0 Å². The molecular formula is C12H17NO2S. The highest BCUT2D eigenvalue weighted by Gasteiger charge is 2.08. The molecule has 0 aliphatic heterocycles. The van der Waals surface area contributed by atoms with Crippen LogP contribution in [0.15, 0.2) is 29.2 Å². The minimum Gasteiger partial charge on any atom is -0.396 e. The van der Waals surface area contributed by atoms with Crippen molar-refractivity contribution in [2.75, 3.05) is 12.9 Å². The lowest BCUT2D eigenvalue weighted by Gasteiger charge is -2.12. The molecule has 0 saturated heterocycles. The molecule has 2 N–H and O–H groups in total. The lowest BCUT2D eigenvalue weighted by molar-refractivity contribution is 0.0934. The van der Waals surface area contributed by atoms with Crippen LogP contribution in [0.2, 0.25) is 0 Å². The largest absolute Gasteiger partial charge is 0.396 e. The van der Waals surface area contributed by atoms with Gasteiger partial charge < -0.3 is 10.4 Å². The van der Waals surface area contributed by atoms with Crippen LogP contribution in [0.1, 0.15) is 23.7 Å². The van der Waals surface area contributed by atoms with E-state index in [1.165, 1.54) is 0 Å². The van der Waals surface area contributed by atoms with Gasteiger partial charge in [0.1, 0.15) is 0 Å². The van der Waals surface area contributed by atoms with Crippen LogP contribution in [0, 0.1) is 0 Å². The third-order valence-corrected chi connectivity index (χ3v) is 3.04. The Bertz CT molecular complexity index is 337. The third-order valence-electron chi connectivity index (χ3n) is 2.29. The lowest BCUT2D eigenvalue weighted by atomic mass is 10.2. The van der Waals surface area contributed by atoms with Crippen molar-refractivity contribution in [3.63, 3.8) is 0 Å². The predicted molar refractivity (Wildman–Crippen MR) is 66.9 cm³/mol. The van der Waals surface area contributed by atoms with Gasteiger partial charge in [-0.1, -0.05) is 0 Å². The molecule has 4 heteroatoms. The van der Waals surface area contributed by atoms with E-state index in [0.717, 1.165) is 4.90 Å². The van der Waals surface area contributed by atoms with E-state index in [1.807, 2.05) is 37.4 Å². The number of benzene rings is 1. The Balaban J connectivity index is 2.59. The Kier molecular flexibility index (Phi) is 5.35. The fourth-order valence-electron chi connectivity index (χ4n) is 1.32. The van der Waals surface area contributed by atoms with Gasteiger partial charge in [-0.2, -0.15) is 0 Å². The molecule has 1 rings (SSSR count). The second-order valence-corrected chi connectivity index (χ2v) is 4.49. The highest BCUT2D eigenvalue weighted by molar-refractivity contribution is 7.98. The summed E-state index contributed by atoms with van der Waals surface area (Å²) >= 11 is 1.65. The zero-order chi connectivity index (χ0) is 12.0. The van der Waals surface area contributed by atoms with Gasteiger partial charge in [0, 0.05) is 23.1 Å². The third kappa shape index (κ3) is 3.87. The lowest BCUT2D eigenvalue weighted by Crippen LogP contribution is -2.33. The van der Waals surface area contributed by atoms with Crippen LogP contribution in [0.25, 0.3) is 0 Å². The molecule has 16 heavy (non-hydrogen) atoms. The molecule has 1 atom stereocenters. The number of hydrogen-bond donors (Lipinski definition) is 2. The topological polar surface area (TPSA) is 49.3 Å². The number of aliphatic hydroxyl groups excluding tert-OH is 1. The molecule has 0 heterocycles. The summed E-state index contributed by atoms with van der Waals surface area (Å²) in [4.78, 5) is 12.9. The van der Waals surface area contributed by atoms with Crippen LogP contribution in [0.3, 0.4) is 0 Å². The molecule has 0 aromatic heterocycles. The van der Waals surface area contributed by atoms with Crippen LogP contribution >= 0.6 is 11.8 Å². The Labute approximate surface area is 100 Å². The van der Waals surface area contributed by atoms with Crippen molar-refractivity contribution in [3.8, 4) is 0 Å². The Hall–Kier alpha value is -1.00. The quantitative estimate of drug-likeness (QED) is 0.772. The number of hydrogen-bond acceptors (Lipinski definition) is 3. The molecule has 0 aliphatic carbocycles. The van der Waals surface area contributed by atoms with Crippen molar-refractivity contribution in [1.29, 1.82) is 0 Å². The minimum absolute atomic E-state index is 0.00210. The first kappa shape index (κ1) is 13.1. The average molecular weight is 239 g/mol. The van der Waals surface area contributed by atoms with Gasteiger partial charge in [-0.05, 0) is 43.9 Å². The second-order valence-electron chi connectivity index (χ2n) is 3.62.